The Hall–Kier alpha value is -1.09. The fraction of sp³-hybridized carbons (Fsp3) is 0.615. The van der Waals surface area contributed by atoms with Crippen LogP contribution in [0.4, 0.5) is 5.69 Å². The van der Waals surface area contributed by atoms with Gasteiger partial charge in [-0.3, -0.25) is 4.98 Å². The number of aromatic nitrogens is 1. The van der Waals surface area contributed by atoms with Gasteiger partial charge in [-0.25, -0.2) is 0 Å². The van der Waals surface area contributed by atoms with Gasteiger partial charge in [-0.2, -0.15) is 0 Å². The summed E-state index contributed by atoms with van der Waals surface area (Å²) in [6.07, 6.45) is 2.95. The lowest BCUT2D eigenvalue weighted by Crippen LogP contribution is -2.28. The van der Waals surface area contributed by atoms with Crippen molar-refractivity contribution in [3.63, 3.8) is 0 Å². The van der Waals surface area contributed by atoms with Gasteiger partial charge < -0.3 is 10.0 Å². The minimum atomic E-state index is 0.00866. The van der Waals surface area contributed by atoms with Crippen molar-refractivity contribution in [1.29, 1.82) is 0 Å². The molecule has 0 aliphatic carbocycles. The maximum Gasteiger partial charge on any atom is 0.0853 e. The molecule has 0 saturated carbocycles. The van der Waals surface area contributed by atoms with Crippen LogP contribution in [0.2, 0.25) is 0 Å². The molecule has 1 heterocycles. The van der Waals surface area contributed by atoms with Crippen molar-refractivity contribution < 1.29 is 5.11 Å². The van der Waals surface area contributed by atoms with Crippen LogP contribution in [0.5, 0.6) is 0 Å². The Bertz CT molecular complexity index is 315. The Labute approximate surface area is 98.1 Å². The highest BCUT2D eigenvalue weighted by molar-refractivity contribution is 5.46. The highest BCUT2D eigenvalue weighted by Gasteiger charge is 2.08. The van der Waals surface area contributed by atoms with Gasteiger partial charge in [-0.1, -0.05) is 20.3 Å². The second-order valence-electron chi connectivity index (χ2n) is 4.22. The van der Waals surface area contributed by atoms with E-state index in [2.05, 4.69) is 30.7 Å². The van der Waals surface area contributed by atoms with Crippen LogP contribution in [0.3, 0.4) is 0 Å². The predicted octanol–water partition coefficient (Wildman–Crippen LogP) is 2.45. The molecule has 1 atom stereocenters. The van der Waals surface area contributed by atoms with Crippen molar-refractivity contribution in [2.45, 2.75) is 33.8 Å². The molecular formula is C13H22N2O. The third-order valence-corrected chi connectivity index (χ3v) is 2.94. The first-order chi connectivity index (χ1) is 7.71. The van der Waals surface area contributed by atoms with Crippen LogP contribution in [0, 0.1) is 5.92 Å². The Kier molecular flexibility index (Phi) is 5.26. The summed E-state index contributed by atoms with van der Waals surface area (Å²) < 4.78 is 0. The van der Waals surface area contributed by atoms with E-state index in [1.165, 1.54) is 6.42 Å². The van der Waals surface area contributed by atoms with Crippen LogP contribution in [0.25, 0.3) is 0 Å². The minimum Gasteiger partial charge on any atom is -0.390 e. The predicted molar refractivity (Wildman–Crippen MR) is 67.5 cm³/mol. The first-order valence-electron chi connectivity index (χ1n) is 6.02. The zero-order chi connectivity index (χ0) is 12.0. The second kappa shape index (κ2) is 6.48. The number of rotatable bonds is 6. The molecule has 0 spiro atoms. The van der Waals surface area contributed by atoms with E-state index in [4.69, 9.17) is 5.11 Å². The summed E-state index contributed by atoms with van der Waals surface area (Å²) >= 11 is 0. The molecule has 0 fully saturated rings. The maximum atomic E-state index is 9.06. The van der Waals surface area contributed by atoms with Gasteiger partial charge in [0.25, 0.3) is 0 Å². The lowest BCUT2D eigenvalue weighted by Gasteiger charge is -2.26. The van der Waals surface area contributed by atoms with Gasteiger partial charge in [0.05, 0.1) is 12.3 Å². The summed E-state index contributed by atoms with van der Waals surface area (Å²) in [5.74, 6) is 0.686. The van der Waals surface area contributed by atoms with Crippen LogP contribution in [0.15, 0.2) is 18.3 Å². The molecule has 0 amide bonds. The fourth-order valence-electron chi connectivity index (χ4n) is 1.67. The third kappa shape index (κ3) is 3.49. The number of aliphatic hydroxyl groups excluding tert-OH is 1. The van der Waals surface area contributed by atoms with Gasteiger partial charge in [0, 0.05) is 25.0 Å². The molecule has 1 rings (SSSR count). The van der Waals surface area contributed by atoms with Crippen molar-refractivity contribution in [3.05, 3.63) is 24.0 Å². The average molecular weight is 222 g/mol. The smallest absolute Gasteiger partial charge is 0.0853 e. The van der Waals surface area contributed by atoms with E-state index in [0.717, 1.165) is 24.5 Å². The van der Waals surface area contributed by atoms with E-state index in [1.54, 1.807) is 6.20 Å². The maximum absolute atomic E-state index is 9.06. The molecule has 1 N–H and O–H groups in total. The number of pyridine rings is 1. The molecule has 0 aromatic carbocycles. The molecule has 3 heteroatoms. The third-order valence-electron chi connectivity index (χ3n) is 2.94. The molecule has 0 aliphatic rings. The molecular weight excluding hydrogens is 200 g/mol. The van der Waals surface area contributed by atoms with E-state index in [-0.39, 0.29) is 6.61 Å². The fourth-order valence-corrected chi connectivity index (χ4v) is 1.67. The zero-order valence-electron chi connectivity index (χ0n) is 10.5. The molecule has 0 saturated heterocycles. The summed E-state index contributed by atoms with van der Waals surface area (Å²) in [4.78, 5) is 6.43. The Morgan fingerprint density at radius 2 is 2.19 bits per heavy atom. The van der Waals surface area contributed by atoms with Crippen LogP contribution in [0.1, 0.15) is 32.9 Å². The zero-order valence-corrected chi connectivity index (χ0v) is 10.5. The quantitative estimate of drug-likeness (QED) is 0.803. The molecule has 0 bridgehead atoms. The van der Waals surface area contributed by atoms with Crippen molar-refractivity contribution in [2.75, 3.05) is 18.0 Å². The van der Waals surface area contributed by atoms with Crippen molar-refractivity contribution in [1.82, 2.24) is 4.98 Å². The molecule has 90 valence electrons. The Morgan fingerprint density at radius 3 is 2.75 bits per heavy atom. The summed E-state index contributed by atoms with van der Waals surface area (Å²) in [6, 6.07) is 3.97. The van der Waals surface area contributed by atoms with Gasteiger partial charge in [-0.15, -0.1) is 0 Å². The molecule has 1 aromatic rings. The van der Waals surface area contributed by atoms with Crippen LogP contribution >= 0.6 is 0 Å². The van der Waals surface area contributed by atoms with Gasteiger partial charge in [0.15, 0.2) is 0 Å². The SMILES string of the molecule is CCC(C)CN(CC)c1ccnc(CO)c1. The largest absolute Gasteiger partial charge is 0.390 e. The van der Waals surface area contributed by atoms with E-state index >= 15 is 0 Å². The van der Waals surface area contributed by atoms with Crippen LogP contribution in [-0.2, 0) is 6.61 Å². The topological polar surface area (TPSA) is 36.4 Å². The standard InChI is InChI=1S/C13H22N2O/c1-4-11(3)9-15(5-2)13-6-7-14-12(8-13)10-16/h6-8,11,16H,4-5,9-10H2,1-3H3. The van der Waals surface area contributed by atoms with Gasteiger partial charge in [-0.05, 0) is 25.0 Å². The number of hydrogen-bond acceptors (Lipinski definition) is 3. The Morgan fingerprint density at radius 1 is 1.44 bits per heavy atom. The van der Waals surface area contributed by atoms with E-state index in [0.29, 0.717) is 5.92 Å². The molecule has 3 nitrogen and oxygen atoms in total. The van der Waals surface area contributed by atoms with Crippen LogP contribution < -0.4 is 4.90 Å². The first kappa shape index (κ1) is 13.0. The average Bonchev–Trinajstić information content (AvgIpc) is 2.35. The summed E-state index contributed by atoms with van der Waals surface area (Å²) in [5, 5.41) is 9.06. The van der Waals surface area contributed by atoms with Crippen LogP contribution in [-0.4, -0.2) is 23.2 Å². The molecule has 0 aliphatic heterocycles. The number of nitrogens with zero attached hydrogens (tertiary/aromatic N) is 2. The molecule has 1 aromatic heterocycles. The minimum absolute atomic E-state index is 0.00866. The van der Waals surface area contributed by atoms with E-state index < -0.39 is 0 Å². The molecule has 0 radical (unpaired) electrons. The Balaban J connectivity index is 2.77. The number of aliphatic hydroxyl groups is 1. The van der Waals surface area contributed by atoms with E-state index in [1.807, 2.05) is 12.1 Å². The lowest BCUT2D eigenvalue weighted by molar-refractivity contribution is 0.277. The van der Waals surface area contributed by atoms with Gasteiger partial charge >= 0.3 is 0 Å². The monoisotopic (exact) mass is 222 g/mol. The molecule has 1 unspecified atom stereocenters. The van der Waals surface area contributed by atoms with Crippen molar-refractivity contribution in [3.8, 4) is 0 Å². The first-order valence-corrected chi connectivity index (χ1v) is 6.02. The van der Waals surface area contributed by atoms with E-state index in [9.17, 15) is 0 Å². The number of anilines is 1. The summed E-state index contributed by atoms with van der Waals surface area (Å²) in [5.41, 5.74) is 1.89. The van der Waals surface area contributed by atoms with Crippen molar-refractivity contribution in [2.24, 2.45) is 5.92 Å². The second-order valence-corrected chi connectivity index (χ2v) is 4.22. The highest BCUT2D eigenvalue weighted by atomic mass is 16.3. The highest BCUT2D eigenvalue weighted by Crippen LogP contribution is 2.17. The van der Waals surface area contributed by atoms with Gasteiger partial charge in [0.2, 0.25) is 0 Å². The van der Waals surface area contributed by atoms with Gasteiger partial charge in [0.1, 0.15) is 0 Å². The molecule has 16 heavy (non-hydrogen) atoms. The number of hydrogen-bond donors (Lipinski definition) is 1. The normalized spacial score (nSPS) is 12.5. The van der Waals surface area contributed by atoms with Crippen molar-refractivity contribution >= 4 is 5.69 Å². The summed E-state index contributed by atoms with van der Waals surface area (Å²) in [6.45, 7) is 8.68. The summed E-state index contributed by atoms with van der Waals surface area (Å²) in [7, 11) is 0. The lowest BCUT2D eigenvalue weighted by atomic mass is 10.1.